The first kappa shape index (κ1) is 13.8. The number of hydrogen-bond acceptors (Lipinski definition) is 2. The molecule has 18 heavy (non-hydrogen) atoms. The summed E-state index contributed by atoms with van der Waals surface area (Å²) >= 11 is 0. The van der Waals surface area contributed by atoms with Crippen molar-refractivity contribution in [1.29, 1.82) is 0 Å². The molecule has 0 heterocycles. The summed E-state index contributed by atoms with van der Waals surface area (Å²) in [6, 6.07) is 3.14. The summed E-state index contributed by atoms with van der Waals surface area (Å²) in [5.74, 6) is 1.14. The highest BCUT2D eigenvalue weighted by atomic mass is 28.4. The van der Waals surface area contributed by atoms with Crippen molar-refractivity contribution in [1.82, 2.24) is 0 Å². The predicted molar refractivity (Wildman–Crippen MR) is 76.8 cm³/mol. The first-order valence-electron chi connectivity index (χ1n) is 7.41. The van der Waals surface area contributed by atoms with Crippen LogP contribution < -0.4 is 0 Å². The molecular weight excluding hydrogens is 240 g/mol. The Hall–Kier alpha value is -0.573. The van der Waals surface area contributed by atoms with Crippen molar-refractivity contribution < 1.29 is 9.22 Å². The van der Waals surface area contributed by atoms with Crippen molar-refractivity contribution in [3.8, 4) is 0 Å². The first-order chi connectivity index (χ1) is 8.49. The van der Waals surface area contributed by atoms with Crippen LogP contribution in [0.3, 0.4) is 0 Å². The van der Waals surface area contributed by atoms with E-state index in [9.17, 15) is 4.79 Å². The van der Waals surface area contributed by atoms with Crippen LogP contribution in [-0.2, 0) is 9.22 Å². The third kappa shape index (κ3) is 2.07. The fraction of sp³-hybridized carbons (Fsp3) is 0.800. The molecule has 2 aliphatic carbocycles. The zero-order valence-corrected chi connectivity index (χ0v) is 13.2. The molecule has 0 aliphatic heterocycles. The van der Waals surface area contributed by atoms with Crippen LogP contribution in [0, 0.1) is 17.3 Å². The molecule has 0 N–H and O–H groups in total. The van der Waals surface area contributed by atoms with E-state index < -0.39 is 8.32 Å². The number of fused-ring (bicyclic) bond motifs is 2. The Morgan fingerprint density at radius 3 is 2.28 bits per heavy atom. The maximum atomic E-state index is 12.6. The highest BCUT2D eigenvalue weighted by Gasteiger charge is 2.52. The molecule has 2 bridgehead atoms. The van der Waals surface area contributed by atoms with Gasteiger partial charge in [0, 0.05) is 0 Å². The number of allylic oxidation sites excluding steroid dienone is 2. The zero-order valence-electron chi connectivity index (χ0n) is 12.2. The second kappa shape index (κ2) is 4.84. The van der Waals surface area contributed by atoms with Gasteiger partial charge in [0.1, 0.15) is 0 Å². The summed E-state index contributed by atoms with van der Waals surface area (Å²) in [5, 5.41) is 0. The number of carbonyl (C=O) groups is 1. The molecule has 2 aliphatic rings. The van der Waals surface area contributed by atoms with Crippen molar-refractivity contribution in [2.24, 2.45) is 17.3 Å². The second-order valence-electron chi connectivity index (χ2n) is 6.24. The number of carbonyl (C=O) groups excluding carboxylic acids is 1. The Balaban J connectivity index is 2.10. The molecular formula is C15H26O2Si. The Kier molecular flexibility index (Phi) is 3.72. The molecule has 0 radical (unpaired) electrons. The molecule has 1 saturated carbocycles. The van der Waals surface area contributed by atoms with Gasteiger partial charge in [-0.3, -0.25) is 4.79 Å². The molecule has 102 valence electrons. The molecule has 3 unspecified atom stereocenters. The molecule has 0 aromatic rings. The van der Waals surface area contributed by atoms with Gasteiger partial charge in [-0.25, -0.2) is 0 Å². The largest absolute Gasteiger partial charge is 0.519 e. The van der Waals surface area contributed by atoms with E-state index in [4.69, 9.17) is 4.43 Å². The van der Waals surface area contributed by atoms with Crippen LogP contribution in [0.2, 0.25) is 18.1 Å². The molecule has 3 heteroatoms. The van der Waals surface area contributed by atoms with Crippen molar-refractivity contribution in [3.05, 3.63) is 12.2 Å². The van der Waals surface area contributed by atoms with E-state index >= 15 is 0 Å². The molecule has 0 aromatic heterocycles. The van der Waals surface area contributed by atoms with Gasteiger partial charge in [-0.15, -0.1) is 0 Å². The molecule has 0 amide bonds. The Morgan fingerprint density at radius 1 is 1.28 bits per heavy atom. The molecule has 2 rings (SSSR count). The highest BCUT2D eigenvalue weighted by Crippen LogP contribution is 2.53. The average Bonchev–Trinajstić information content (AvgIpc) is 2.96. The zero-order chi connectivity index (χ0) is 13.4. The summed E-state index contributed by atoms with van der Waals surface area (Å²) in [5.41, 5.74) is -0.239. The van der Waals surface area contributed by atoms with Gasteiger partial charge >= 0.3 is 0 Å². The SMILES string of the molecule is CC[Si](CC)(CC)OC(=O)C1(C)CC2C=CC1C2. The lowest BCUT2D eigenvalue weighted by Crippen LogP contribution is -2.44. The van der Waals surface area contributed by atoms with Crippen molar-refractivity contribution >= 4 is 14.3 Å². The average molecular weight is 266 g/mol. The van der Waals surface area contributed by atoms with E-state index in [1.54, 1.807) is 0 Å². The Morgan fingerprint density at radius 2 is 1.89 bits per heavy atom. The molecule has 0 saturated heterocycles. The van der Waals surface area contributed by atoms with Crippen LogP contribution in [-0.4, -0.2) is 14.3 Å². The van der Waals surface area contributed by atoms with E-state index in [0.717, 1.165) is 31.0 Å². The predicted octanol–water partition coefficient (Wildman–Crippen LogP) is 4.14. The summed E-state index contributed by atoms with van der Waals surface area (Å²) in [4.78, 5) is 12.6. The van der Waals surface area contributed by atoms with E-state index in [0.29, 0.717) is 11.8 Å². The van der Waals surface area contributed by atoms with Gasteiger partial charge in [0.25, 0.3) is 14.3 Å². The third-order valence-electron chi connectivity index (χ3n) is 5.39. The lowest BCUT2D eigenvalue weighted by atomic mass is 9.78. The fourth-order valence-corrected chi connectivity index (χ4v) is 6.17. The van der Waals surface area contributed by atoms with Gasteiger partial charge in [-0.05, 0) is 49.7 Å². The van der Waals surface area contributed by atoms with Crippen LogP contribution in [0.4, 0.5) is 0 Å². The lowest BCUT2D eigenvalue weighted by Gasteiger charge is -2.35. The molecule has 1 fully saturated rings. The maximum absolute atomic E-state index is 12.6. The van der Waals surface area contributed by atoms with E-state index in [2.05, 4.69) is 39.8 Å². The lowest BCUT2D eigenvalue weighted by molar-refractivity contribution is -0.147. The standard InChI is InChI=1S/C15H26O2Si/c1-5-18(6-2,7-3)17-14(16)15(4)11-12-8-9-13(15)10-12/h8-9,12-13H,5-7,10-11H2,1-4H3. The maximum Gasteiger partial charge on any atom is 0.299 e. The van der Waals surface area contributed by atoms with Gasteiger partial charge in [-0.1, -0.05) is 32.9 Å². The van der Waals surface area contributed by atoms with Crippen LogP contribution in [0.25, 0.3) is 0 Å². The van der Waals surface area contributed by atoms with Gasteiger partial charge in [0.05, 0.1) is 5.41 Å². The third-order valence-corrected chi connectivity index (χ3v) is 9.87. The van der Waals surface area contributed by atoms with E-state index in [1.807, 2.05) is 0 Å². The minimum absolute atomic E-state index is 0.0940. The van der Waals surface area contributed by atoms with Crippen LogP contribution in [0.1, 0.15) is 40.5 Å². The number of hydrogen-bond donors (Lipinski definition) is 0. The number of rotatable bonds is 5. The Bertz CT molecular complexity index is 351. The van der Waals surface area contributed by atoms with Crippen LogP contribution in [0.15, 0.2) is 12.2 Å². The molecule has 3 atom stereocenters. The van der Waals surface area contributed by atoms with Gasteiger partial charge in [0.15, 0.2) is 0 Å². The minimum atomic E-state index is -1.80. The van der Waals surface area contributed by atoms with Crippen molar-refractivity contribution in [2.75, 3.05) is 0 Å². The first-order valence-corrected chi connectivity index (χ1v) is 9.94. The van der Waals surface area contributed by atoms with Crippen LogP contribution in [0.5, 0.6) is 0 Å². The van der Waals surface area contributed by atoms with Crippen molar-refractivity contribution in [3.63, 3.8) is 0 Å². The van der Waals surface area contributed by atoms with Crippen LogP contribution >= 0.6 is 0 Å². The van der Waals surface area contributed by atoms with Gasteiger partial charge < -0.3 is 4.43 Å². The van der Waals surface area contributed by atoms with E-state index in [-0.39, 0.29) is 11.4 Å². The van der Waals surface area contributed by atoms with E-state index in [1.165, 1.54) is 0 Å². The van der Waals surface area contributed by atoms with Gasteiger partial charge in [0.2, 0.25) is 0 Å². The van der Waals surface area contributed by atoms with Gasteiger partial charge in [-0.2, -0.15) is 0 Å². The topological polar surface area (TPSA) is 26.3 Å². The minimum Gasteiger partial charge on any atom is -0.519 e. The molecule has 0 spiro atoms. The molecule has 2 nitrogen and oxygen atoms in total. The van der Waals surface area contributed by atoms with Crippen molar-refractivity contribution in [2.45, 2.75) is 58.7 Å². The second-order valence-corrected chi connectivity index (χ2v) is 10.9. The molecule has 0 aromatic carbocycles. The summed E-state index contributed by atoms with van der Waals surface area (Å²) in [6.45, 7) is 8.64. The smallest absolute Gasteiger partial charge is 0.299 e. The fourth-order valence-electron chi connectivity index (χ4n) is 3.61. The summed E-state index contributed by atoms with van der Waals surface area (Å²) < 4.78 is 6.09. The quantitative estimate of drug-likeness (QED) is 0.552. The highest BCUT2D eigenvalue weighted by molar-refractivity contribution is 6.75. The monoisotopic (exact) mass is 266 g/mol. The Labute approximate surface area is 112 Å². The summed E-state index contributed by atoms with van der Waals surface area (Å²) in [7, 11) is -1.80. The summed E-state index contributed by atoms with van der Waals surface area (Å²) in [6.07, 6.45) is 6.67. The normalized spacial score (nSPS) is 34.0.